The number of hydrazone groups is 1. The number of fused-ring (bicyclic) bond motifs is 4. The first-order chi connectivity index (χ1) is 22.5. The summed E-state index contributed by atoms with van der Waals surface area (Å²) in [4.78, 5) is 19.4. The van der Waals surface area contributed by atoms with Crippen LogP contribution in [0.25, 0.3) is 10.9 Å². The third kappa shape index (κ3) is 6.58. The number of carbonyl (C=O) groups excluding carboxylic acids is 1. The highest BCUT2D eigenvalue weighted by Crippen LogP contribution is 2.35. The zero-order valence-electron chi connectivity index (χ0n) is 26.4. The Hall–Kier alpha value is -3.31. The molecule has 1 saturated heterocycles. The summed E-state index contributed by atoms with van der Waals surface area (Å²) < 4.78 is 28.0. The van der Waals surface area contributed by atoms with Crippen LogP contribution in [0.2, 0.25) is 0 Å². The molecule has 242 valence electrons. The highest BCUT2D eigenvalue weighted by molar-refractivity contribution is 7.90. The van der Waals surface area contributed by atoms with Crippen LogP contribution in [-0.4, -0.2) is 78.1 Å². The van der Waals surface area contributed by atoms with Crippen LogP contribution in [-0.2, 0) is 27.8 Å². The minimum atomic E-state index is -3.64. The fourth-order valence-corrected chi connectivity index (χ4v) is 9.60. The van der Waals surface area contributed by atoms with Crippen LogP contribution >= 0.6 is 11.3 Å². The van der Waals surface area contributed by atoms with Crippen molar-refractivity contribution in [3.63, 3.8) is 0 Å². The number of rotatable bonds is 12. The van der Waals surface area contributed by atoms with Crippen molar-refractivity contribution in [1.29, 1.82) is 0 Å². The Bertz CT molecular complexity index is 1810. The second kappa shape index (κ2) is 13.8. The molecular weight excluding hydrogens is 615 g/mol. The maximum Gasteiger partial charge on any atom is 0.268 e. The average molecular weight is 658 g/mol. The number of unbranched alkanes of at least 4 members (excludes halogenated alkanes) is 4. The van der Waals surface area contributed by atoms with Crippen molar-refractivity contribution in [1.82, 2.24) is 18.8 Å². The van der Waals surface area contributed by atoms with E-state index in [9.17, 15) is 13.2 Å². The van der Waals surface area contributed by atoms with Gasteiger partial charge in [-0.25, -0.2) is 17.4 Å². The van der Waals surface area contributed by atoms with Crippen LogP contribution in [0.3, 0.4) is 0 Å². The van der Waals surface area contributed by atoms with E-state index in [-0.39, 0.29) is 5.91 Å². The molecule has 7 rings (SSSR count). The van der Waals surface area contributed by atoms with Crippen molar-refractivity contribution in [2.75, 3.05) is 39.3 Å². The van der Waals surface area contributed by atoms with E-state index in [1.54, 1.807) is 46.8 Å². The Labute approximate surface area is 276 Å². The molecule has 1 unspecified atom stereocenters. The van der Waals surface area contributed by atoms with E-state index >= 15 is 0 Å². The number of carbonyl (C=O) groups is 1. The Morgan fingerprint density at radius 1 is 0.826 bits per heavy atom. The monoisotopic (exact) mass is 657 g/mol. The van der Waals surface area contributed by atoms with Crippen molar-refractivity contribution < 1.29 is 13.2 Å². The summed E-state index contributed by atoms with van der Waals surface area (Å²) in [5, 5.41) is 9.74. The molecule has 0 bridgehead atoms. The molecule has 4 heterocycles. The summed E-state index contributed by atoms with van der Waals surface area (Å²) in [6, 6.07) is 18.8. The van der Waals surface area contributed by atoms with E-state index in [2.05, 4.69) is 27.3 Å². The number of thiophene rings is 1. The zero-order chi connectivity index (χ0) is 31.5. The van der Waals surface area contributed by atoms with Crippen molar-refractivity contribution in [2.45, 2.75) is 62.8 Å². The van der Waals surface area contributed by atoms with Crippen LogP contribution in [0, 0.1) is 5.92 Å². The lowest BCUT2D eigenvalue weighted by Gasteiger charge is -2.34. The molecule has 1 atom stereocenters. The molecule has 1 amide bonds. The molecule has 1 aliphatic carbocycles. The van der Waals surface area contributed by atoms with Crippen LogP contribution in [0.5, 0.6) is 0 Å². The van der Waals surface area contributed by atoms with Gasteiger partial charge in [-0.2, -0.15) is 5.10 Å². The summed E-state index contributed by atoms with van der Waals surface area (Å²) in [6.45, 7) is 6.83. The molecule has 2 aromatic carbocycles. The first kappa shape index (κ1) is 31.3. The van der Waals surface area contributed by atoms with Gasteiger partial charge in [0, 0.05) is 63.2 Å². The smallest absolute Gasteiger partial charge is 0.268 e. The van der Waals surface area contributed by atoms with Gasteiger partial charge < -0.3 is 4.90 Å². The van der Waals surface area contributed by atoms with Gasteiger partial charge in [0.25, 0.3) is 10.0 Å². The Morgan fingerprint density at radius 2 is 1.59 bits per heavy atom. The largest absolute Gasteiger partial charge is 0.301 e. The van der Waals surface area contributed by atoms with Crippen molar-refractivity contribution in [2.24, 2.45) is 11.0 Å². The minimum absolute atomic E-state index is 0.194. The molecule has 46 heavy (non-hydrogen) atoms. The molecule has 8 nitrogen and oxygen atoms in total. The van der Waals surface area contributed by atoms with Gasteiger partial charge in [-0.05, 0) is 79.1 Å². The first-order valence-electron chi connectivity index (χ1n) is 16.8. The molecule has 10 heteroatoms. The summed E-state index contributed by atoms with van der Waals surface area (Å²) >= 11 is 1.77. The fourth-order valence-electron chi connectivity index (χ4n) is 7.21. The van der Waals surface area contributed by atoms with Crippen LogP contribution < -0.4 is 0 Å². The molecule has 1 fully saturated rings. The lowest BCUT2D eigenvalue weighted by molar-refractivity contribution is -0.132. The standard InChI is InChI=1S/C36H43N5O3S2/c42-34-26-29-15-14-28-17-25-45-36(28)35(29)37-40(34)19-8-3-1-2-7-18-38-21-23-39(24-22-38)27-30-10-9-13-33-32(30)16-20-41(33)46(43,44)31-11-5-4-6-12-31/h4-6,9-13,16-17,20,25,29H,1-3,7-8,14-15,18-19,21-24,26-27H2. The molecule has 0 saturated carbocycles. The molecule has 4 aromatic rings. The number of hydrogen-bond donors (Lipinski definition) is 0. The molecule has 2 aliphatic heterocycles. The lowest BCUT2D eigenvalue weighted by atomic mass is 9.84. The van der Waals surface area contributed by atoms with Crippen LogP contribution in [0.4, 0.5) is 0 Å². The van der Waals surface area contributed by atoms with E-state index in [4.69, 9.17) is 5.10 Å². The zero-order valence-corrected chi connectivity index (χ0v) is 28.0. The Morgan fingerprint density at radius 3 is 2.41 bits per heavy atom. The SMILES string of the molecule is O=C1CC2CCc3ccsc3C2=NN1CCCCCCCN1CCN(Cc2cccc3c2ccn3S(=O)(=O)c2ccccc2)CC1. The maximum absolute atomic E-state index is 13.3. The minimum Gasteiger partial charge on any atom is -0.301 e. The average Bonchev–Trinajstić information content (AvgIpc) is 3.74. The van der Waals surface area contributed by atoms with Gasteiger partial charge in [0.2, 0.25) is 5.91 Å². The number of piperazine rings is 1. The molecule has 0 radical (unpaired) electrons. The highest BCUT2D eigenvalue weighted by Gasteiger charge is 2.34. The highest BCUT2D eigenvalue weighted by atomic mass is 32.2. The van der Waals surface area contributed by atoms with E-state index in [0.717, 1.165) is 88.1 Å². The van der Waals surface area contributed by atoms with Crippen LogP contribution in [0.1, 0.15) is 60.9 Å². The van der Waals surface area contributed by atoms with E-state index in [1.807, 2.05) is 24.3 Å². The van der Waals surface area contributed by atoms with Crippen molar-refractivity contribution >= 4 is 43.9 Å². The number of nitrogens with zero attached hydrogens (tertiary/aromatic N) is 5. The second-order valence-electron chi connectivity index (χ2n) is 12.9. The summed E-state index contributed by atoms with van der Waals surface area (Å²) in [7, 11) is -3.64. The van der Waals surface area contributed by atoms with E-state index in [0.29, 0.717) is 17.2 Å². The van der Waals surface area contributed by atoms with Gasteiger partial charge >= 0.3 is 0 Å². The molecule has 3 aliphatic rings. The molecule has 2 aromatic heterocycles. The molecular formula is C36H43N5O3S2. The number of amides is 1. The number of aromatic nitrogens is 1. The van der Waals surface area contributed by atoms with Gasteiger partial charge in [0.15, 0.2) is 0 Å². The fraction of sp³-hybridized carbons (Fsp3) is 0.444. The first-order valence-corrected chi connectivity index (χ1v) is 19.1. The van der Waals surface area contributed by atoms with Gasteiger partial charge in [-0.15, -0.1) is 11.3 Å². The number of hydrogen-bond acceptors (Lipinski definition) is 7. The Balaban J connectivity index is 0.825. The summed E-state index contributed by atoms with van der Waals surface area (Å²) in [5.74, 6) is 0.504. The van der Waals surface area contributed by atoms with Gasteiger partial charge in [-0.3, -0.25) is 9.69 Å². The van der Waals surface area contributed by atoms with Gasteiger partial charge in [0.1, 0.15) is 0 Å². The second-order valence-corrected chi connectivity index (χ2v) is 15.6. The van der Waals surface area contributed by atoms with Gasteiger partial charge in [-0.1, -0.05) is 49.6 Å². The van der Waals surface area contributed by atoms with E-state index in [1.165, 1.54) is 39.2 Å². The normalized spacial score (nSPS) is 19.3. The molecule has 0 spiro atoms. The van der Waals surface area contributed by atoms with E-state index < -0.39 is 10.0 Å². The number of benzene rings is 2. The maximum atomic E-state index is 13.3. The summed E-state index contributed by atoms with van der Waals surface area (Å²) in [5.41, 5.74) is 4.45. The van der Waals surface area contributed by atoms with Crippen LogP contribution in [0.15, 0.2) is 82.2 Å². The van der Waals surface area contributed by atoms with Gasteiger partial charge in [0.05, 0.1) is 21.0 Å². The molecule has 0 N–H and O–H groups in total. The Kier molecular flexibility index (Phi) is 9.40. The summed E-state index contributed by atoms with van der Waals surface area (Å²) in [6.07, 6.45) is 10.2. The van der Waals surface area contributed by atoms with Crippen molar-refractivity contribution in [3.05, 3.63) is 88.2 Å². The third-order valence-electron chi connectivity index (χ3n) is 9.86. The quantitative estimate of drug-likeness (QED) is 0.170. The van der Waals surface area contributed by atoms with Crippen molar-refractivity contribution in [3.8, 4) is 0 Å². The topological polar surface area (TPSA) is 78.2 Å². The third-order valence-corrected chi connectivity index (χ3v) is 12.5. The predicted molar refractivity (Wildman–Crippen MR) is 185 cm³/mol. The predicted octanol–water partition coefficient (Wildman–Crippen LogP) is 6.21. The lowest BCUT2D eigenvalue weighted by Crippen LogP contribution is -2.46. The number of aryl methyl sites for hydroxylation is 1.